The largest absolute Gasteiger partial charge is 0.379 e. The number of nitrogens with one attached hydrogen (secondary N) is 1. The van der Waals surface area contributed by atoms with E-state index in [-0.39, 0.29) is 11.5 Å². The maximum atomic E-state index is 14.3. The molecule has 1 saturated carbocycles. The van der Waals surface area contributed by atoms with E-state index in [0.717, 1.165) is 17.7 Å². The molecule has 1 atom stereocenters. The summed E-state index contributed by atoms with van der Waals surface area (Å²) < 4.78 is 33.3. The molecule has 1 aliphatic heterocycles. The molecule has 1 N–H and O–H groups in total. The van der Waals surface area contributed by atoms with E-state index in [1.54, 1.807) is 18.5 Å². The number of nitrogens with zero attached hydrogens (tertiary/aromatic N) is 2. The van der Waals surface area contributed by atoms with Crippen LogP contribution in [0.15, 0.2) is 42.7 Å². The van der Waals surface area contributed by atoms with Gasteiger partial charge in [0.05, 0.1) is 18.8 Å². The van der Waals surface area contributed by atoms with Crippen LogP contribution in [0.25, 0.3) is 0 Å². The Bertz CT molecular complexity index is 821. The fourth-order valence-electron chi connectivity index (χ4n) is 3.66. The van der Waals surface area contributed by atoms with Gasteiger partial charge >= 0.3 is 0 Å². The maximum Gasteiger partial charge on any atom is 0.242 e. The zero-order chi connectivity index (χ0) is 18.9. The average Bonchev–Trinajstić information content (AvgIpc) is 3.46. The summed E-state index contributed by atoms with van der Waals surface area (Å²) in [5.74, 6) is -1.24. The van der Waals surface area contributed by atoms with Gasteiger partial charge in [-0.15, -0.1) is 0 Å². The van der Waals surface area contributed by atoms with Gasteiger partial charge in [-0.05, 0) is 42.7 Å². The van der Waals surface area contributed by atoms with Crippen molar-refractivity contribution >= 4 is 5.91 Å². The summed E-state index contributed by atoms with van der Waals surface area (Å²) >= 11 is 0. The molecular weight excluding hydrogens is 352 g/mol. The normalized spacial score (nSPS) is 20.1. The molecule has 1 unspecified atom stereocenters. The number of benzene rings is 1. The number of aromatic nitrogens is 1. The number of halogens is 2. The SMILES string of the molecule is O=C(NC1(c2cc(F)ccc2F)CC1)C(c1cccnc1)N1CCOCC1. The Hall–Kier alpha value is -2.38. The molecule has 2 aliphatic rings. The highest BCUT2D eigenvalue weighted by Crippen LogP contribution is 2.47. The second-order valence-corrected chi connectivity index (χ2v) is 7.03. The van der Waals surface area contributed by atoms with Crippen molar-refractivity contribution in [2.75, 3.05) is 26.3 Å². The van der Waals surface area contributed by atoms with Crippen LogP contribution in [0.5, 0.6) is 0 Å². The molecule has 2 aromatic rings. The van der Waals surface area contributed by atoms with Gasteiger partial charge in [0.1, 0.15) is 17.7 Å². The number of pyridine rings is 1. The summed E-state index contributed by atoms with van der Waals surface area (Å²) in [7, 11) is 0. The highest BCUT2D eigenvalue weighted by atomic mass is 19.1. The lowest BCUT2D eigenvalue weighted by molar-refractivity contribution is -0.129. The van der Waals surface area contributed by atoms with Crippen molar-refractivity contribution in [3.8, 4) is 0 Å². The molecular formula is C20H21F2N3O2. The minimum Gasteiger partial charge on any atom is -0.379 e. The van der Waals surface area contributed by atoms with Gasteiger partial charge in [-0.2, -0.15) is 0 Å². The van der Waals surface area contributed by atoms with Gasteiger partial charge in [0.25, 0.3) is 0 Å². The van der Waals surface area contributed by atoms with Crippen LogP contribution in [0, 0.1) is 11.6 Å². The van der Waals surface area contributed by atoms with Crippen LogP contribution in [-0.4, -0.2) is 42.1 Å². The highest BCUT2D eigenvalue weighted by Gasteiger charge is 2.49. The summed E-state index contributed by atoms with van der Waals surface area (Å²) in [4.78, 5) is 19.4. The van der Waals surface area contributed by atoms with Crippen LogP contribution >= 0.6 is 0 Å². The fourth-order valence-corrected chi connectivity index (χ4v) is 3.66. The van der Waals surface area contributed by atoms with Crippen molar-refractivity contribution in [1.82, 2.24) is 15.2 Å². The number of rotatable bonds is 5. The second kappa shape index (κ2) is 7.32. The maximum absolute atomic E-state index is 14.3. The number of hydrogen-bond donors (Lipinski definition) is 1. The lowest BCUT2D eigenvalue weighted by Gasteiger charge is -2.34. The van der Waals surface area contributed by atoms with Gasteiger partial charge in [-0.3, -0.25) is 14.7 Å². The van der Waals surface area contributed by atoms with Gasteiger partial charge in [0.2, 0.25) is 5.91 Å². The van der Waals surface area contributed by atoms with E-state index in [1.165, 1.54) is 6.07 Å². The standard InChI is InChI=1S/C20H21F2N3O2/c21-15-3-4-17(22)16(12-15)20(5-6-20)24-19(26)18(14-2-1-7-23-13-14)25-8-10-27-11-9-25/h1-4,7,12-13,18H,5-6,8-11H2,(H,24,26). The Morgan fingerprint density at radius 1 is 1.22 bits per heavy atom. The van der Waals surface area contributed by atoms with Gasteiger partial charge in [-0.25, -0.2) is 8.78 Å². The second-order valence-electron chi connectivity index (χ2n) is 7.03. The molecule has 1 aromatic heterocycles. The molecule has 0 radical (unpaired) electrons. The Morgan fingerprint density at radius 2 is 2.00 bits per heavy atom. The van der Waals surface area contributed by atoms with Crippen LogP contribution in [0.1, 0.15) is 30.0 Å². The Labute approximate surface area is 156 Å². The molecule has 1 saturated heterocycles. The van der Waals surface area contributed by atoms with E-state index >= 15 is 0 Å². The van der Waals surface area contributed by atoms with Crippen molar-refractivity contribution in [2.45, 2.75) is 24.4 Å². The zero-order valence-corrected chi connectivity index (χ0v) is 14.8. The molecule has 2 fully saturated rings. The minimum absolute atomic E-state index is 0.211. The van der Waals surface area contributed by atoms with Gasteiger partial charge < -0.3 is 10.1 Å². The first-order chi connectivity index (χ1) is 13.1. The van der Waals surface area contributed by atoms with Gasteiger partial charge in [0.15, 0.2) is 0 Å². The molecule has 142 valence electrons. The van der Waals surface area contributed by atoms with Crippen molar-refractivity contribution in [3.05, 3.63) is 65.5 Å². The van der Waals surface area contributed by atoms with Gasteiger partial charge in [-0.1, -0.05) is 6.07 Å². The molecule has 0 spiro atoms. The van der Waals surface area contributed by atoms with E-state index in [0.29, 0.717) is 39.1 Å². The first-order valence-corrected chi connectivity index (χ1v) is 9.08. The first-order valence-electron chi connectivity index (χ1n) is 9.08. The number of carbonyl (C=O) groups excluding carboxylic acids is 1. The third-order valence-electron chi connectivity index (χ3n) is 5.22. The Morgan fingerprint density at radius 3 is 2.67 bits per heavy atom. The molecule has 1 aliphatic carbocycles. The number of ether oxygens (including phenoxy) is 1. The van der Waals surface area contributed by atoms with Crippen molar-refractivity contribution in [3.63, 3.8) is 0 Å². The topological polar surface area (TPSA) is 54.5 Å². The van der Waals surface area contributed by atoms with Crippen molar-refractivity contribution < 1.29 is 18.3 Å². The third-order valence-corrected chi connectivity index (χ3v) is 5.22. The van der Waals surface area contributed by atoms with Crippen LogP contribution in [0.4, 0.5) is 8.78 Å². The van der Waals surface area contributed by atoms with E-state index < -0.39 is 23.2 Å². The number of carbonyl (C=O) groups is 1. The molecule has 1 aromatic carbocycles. The van der Waals surface area contributed by atoms with Crippen molar-refractivity contribution in [1.29, 1.82) is 0 Å². The molecule has 2 heterocycles. The number of amides is 1. The van der Waals surface area contributed by atoms with Crippen LogP contribution in [0.2, 0.25) is 0 Å². The summed E-state index contributed by atoms with van der Waals surface area (Å²) in [5.41, 5.74) is 0.144. The molecule has 27 heavy (non-hydrogen) atoms. The molecule has 5 nitrogen and oxygen atoms in total. The number of hydrogen-bond acceptors (Lipinski definition) is 4. The fraction of sp³-hybridized carbons (Fsp3) is 0.400. The average molecular weight is 373 g/mol. The molecule has 1 amide bonds. The van der Waals surface area contributed by atoms with E-state index in [2.05, 4.69) is 10.3 Å². The monoisotopic (exact) mass is 373 g/mol. The molecule has 7 heteroatoms. The Kier molecular flexibility index (Phi) is 4.88. The van der Waals surface area contributed by atoms with E-state index in [1.807, 2.05) is 11.0 Å². The van der Waals surface area contributed by atoms with Gasteiger partial charge in [0, 0.05) is 31.0 Å². The predicted molar refractivity (Wildman–Crippen MR) is 94.8 cm³/mol. The van der Waals surface area contributed by atoms with Crippen LogP contribution < -0.4 is 5.32 Å². The van der Waals surface area contributed by atoms with E-state index in [4.69, 9.17) is 4.74 Å². The zero-order valence-electron chi connectivity index (χ0n) is 14.8. The smallest absolute Gasteiger partial charge is 0.242 e. The first kappa shape index (κ1) is 18.0. The Balaban J connectivity index is 1.61. The lowest BCUT2D eigenvalue weighted by atomic mass is 10.0. The predicted octanol–water partition coefficient (Wildman–Crippen LogP) is 2.54. The minimum atomic E-state index is -0.837. The summed E-state index contributed by atoms with van der Waals surface area (Å²) in [6.45, 7) is 2.34. The molecule has 4 rings (SSSR count). The third kappa shape index (κ3) is 3.70. The summed E-state index contributed by atoms with van der Waals surface area (Å²) in [5, 5.41) is 2.99. The number of morpholine rings is 1. The van der Waals surface area contributed by atoms with Crippen LogP contribution in [0.3, 0.4) is 0 Å². The lowest BCUT2D eigenvalue weighted by Crippen LogP contribution is -2.48. The summed E-state index contributed by atoms with van der Waals surface area (Å²) in [6, 6.07) is 6.47. The quantitative estimate of drug-likeness (QED) is 0.875. The summed E-state index contributed by atoms with van der Waals surface area (Å²) in [6.07, 6.45) is 4.49. The van der Waals surface area contributed by atoms with Crippen molar-refractivity contribution in [2.24, 2.45) is 0 Å². The molecule has 0 bridgehead atoms. The van der Waals surface area contributed by atoms with Crippen LogP contribution in [-0.2, 0) is 15.1 Å². The van der Waals surface area contributed by atoms with E-state index in [9.17, 15) is 13.6 Å². The highest BCUT2D eigenvalue weighted by molar-refractivity contribution is 5.84.